The summed E-state index contributed by atoms with van der Waals surface area (Å²) in [5.74, 6) is 2.46. The first-order valence-corrected chi connectivity index (χ1v) is 10.5. The van der Waals surface area contributed by atoms with Gasteiger partial charge in [0.25, 0.3) is 5.91 Å². The van der Waals surface area contributed by atoms with Crippen LogP contribution < -0.4 is 5.32 Å². The Kier molecular flexibility index (Phi) is 5.79. The third kappa shape index (κ3) is 4.12. The molecular weight excluding hydrogens is 390 g/mol. The summed E-state index contributed by atoms with van der Waals surface area (Å²) in [6.45, 7) is 8.10. The number of β-amino-alcohol motifs (C(OH)–C–C–N with tert-alkyl or cyclic N) is 1. The fraction of sp³-hybridized carbons (Fsp3) is 0.450. The van der Waals surface area contributed by atoms with E-state index in [9.17, 15) is 4.79 Å². The molecule has 0 radical (unpaired) electrons. The van der Waals surface area contributed by atoms with Crippen LogP contribution in [-0.4, -0.2) is 70.1 Å². The van der Waals surface area contributed by atoms with Gasteiger partial charge in [-0.1, -0.05) is 0 Å². The molecule has 1 fully saturated rings. The smallest absolute Gasteiger partial charge is 0.264 e. The van der Waals surface area contributed by atoms with Crippen LogP contribution in [0, 0.1) is 13.8 Å². The number of rotatable bonds is 6. The number of thiophene rings is 1. The van der Waals surface area contributed by atoms with E-state index in [0.29, 0.717) is 36.9 Å². The zero-order valence-corrected chi connectivity index (χ0v) is 17.5. The number of furan rings is 1. The number of aliphatic hydroxyl groups excluding tert-OH is 1. The molecule has 29 heavy (non-hydrogen) atoms. The molecule has 4 heterocycles. The second-order valence-corrected chi connectivity index (χ2v) is 8.18. The van der Waals surface area contributed by atoms with Crippen molar-refractivity contribution in [2.75, 3.05) is 44.6 Å². The van der Waals surface area contributed by atoms with Gasteiger partial charge in [0, 0.05) is 32.7 Å². The molecular formula is C20H25N5O3S. The first-order chi connectivity index (χ1) is 14.1. The maximum Gasteiger partial charge on any atom is 0.264 e. The second kappa shape index (κ2) is 8.48. The molecule has 0 spiro atoms. The quantitative estimate of drug-likeness (QED) is 0.638. The lowest BCUT2D eigenvalue weighted by Gasteiger charge is -2.34. The zero-order chi connectivity index (χ0) is 20.4. The Hall–Kier alpha value is -2.49. The minimum absolute atomic E-state index is 0.0433. The van der Waals surface area contributed by atoms with Gasteiger partial charge in [0.05, 0.1) is 23.4 Å². The van der Waals surface area contributed by atoms with Crippen LogP contribution in [0.3, 0.4) is 0 Å². The number of carbonyl (C=O) groups is 1. The monoisotopic (exact) mass is 415 g/mol. The van der Waals surface area contributed by atoms with Crippen LogP contribution in [0.25, 0.3) is 10.2 Å². The average Bonchev–Trinajstić information content (AvgIpc) is 3.30. The molecule has 9 heteroatoms. The number of anilines is 1. The number of hydrogen-bond donors (Lipinski definition) is 2. The summed E-state index contributed by atoms with van der Waals surface area (Å²) in [5, 5.41) is 13.3. The summed E-state index contributed by atoms with van der Waals surface area (Å²) in [6.07, 6.45) is 1.52. The lowest BCUT2D eigenvalue weighted by atomic mass is 10.1. The molecule has 4 rings (SSSR count). The Morgan fingerprint density at radius 2 is 2.03 bits per heavy atom. The Balaban J connectivity index is 1.53. The van der Waals surface area contributed by atoms with E-state index in [1.54, 1.807) is 0 Å². The van der Waals surface area contributed by atoms with Gasteiger partial charge in [-0.2, -0.15) is 0 Å². The van der Waals surface area contributed by atoms with Crippen LogP contribution in [0.5, 0.6) is 0 Å². The number of amides is 1. The first-order valence-electron chi connectivity index (χ1n) is 9.72. The highest BCUT2D eigenvalue weighted by Gasteiger charge is 2.26. The predicted molar refractivity (Wildman–Crippen MR) is 112 cm³/mol. The van der Waals surface area contributed by atoms with Crippen molar-refractivity contribution in [2.45, 2.75) is 20.4 Å². The Morgan fingerprint density at radius 3 is 2.72 bits per heavy atom. The van der Waals surface area contributed by atoms with E-state index in [1.807, 2.05) is 30.9 Å². The number of aryl methyl sites for hydroxylation is 2. The van der Waals surface area contributed by atoms with Gasteiger partial charge < -0.3 is 19.7 Å². The number of hydrogen-bond acceptors (Lipinski definition) is 8. The Bertz CT molecular complexity index is 1010. The topological polar surface area (TPSA) is 94.7 Å². The van der Waals surface area contributed by atoms with Crippen LogP contribution in [0.2, 0.25) is 0 Å². The van der Waals surface area contributed by atoms with Gasteiger partial charge in [-0.3, -0.25) is 9.69 Å². The van der Waals surface area contributed by atoms with Crippen molar-refractivity contribution in [2.24, 2.45) is 0 Å². The summed E-state index contributed by atoms with van der Waals surface area (Å²) in [6, 6.07) is 3.87. The molecule has 3 aromatic heterocycles. The van der Waals surface area contributed by atoms with Crippen molar-refractivity contribution in [1.82, 2.24) is 19.8 Å². The number of carbonyl (C=O) groups excluding carboxylic acids is 1. The number of nitrogens with one attached hydrogen (secondary N) is 1. The maximum absolute atomic E-state index is 13.1. The molecule has 154 valence electrons. The van der Waals surface area contributed by atoms with Crippen LogP contribution >= 0.6 is 11.3 Å². The van der Waals surface area contributed by atoms with Crippen LogP contribution in [0.1, 0.15) is 26.8 Å². The average molecular weight is 416 g/mol. The normalized spacial score (nSPS) is 15.2. The molecule has 0 bridgehead atoms. The van der Waals surface area contributed by atoms with Gasteiger partial charge in [0.1, 0.15) is 28.5 Å². The van der Waals surface area contributed by atoms with E-state index in [1.165, 1.54) is 17.7 Å². The van der Waals surface area contributed by atoms with Crippen LogP contribution in [0.4, 0.5) is 5.82 Å². The molecule has 1 amide bonds. The predicted octanol–water partition coefficient (Wildman–Crippen LogP) is 2.26. The molecule has 0 unspecified atom stereocenters. The van der Waals surface area contributed by atoms with Gasteiger partial charge >= 0.3 is 0 Å². The van der Waals surface area contributed by atoms with E-state index in [2.05, 4.69) is 20.2 Å². The third-order valence-corrected chi connectivity index (χ3v) is 6.41. The van der Waals surface area contributed by atoms with E-state index >= 15 is 0 Å². The van der Waals surface area contributed by atoms with E-state index in [0.717, 1.165) is 40.4 Å². The molecule has 0 atom stereocenters. The molecule has 1 aliphatic heterocycles. The minimum atomic E-state index is 0.0433. The number of piperazine rings is 1. The fourth-order valence-corrected chi connectivity index (χ4v) is 4.74. The van der Waals surface area contributed by atoms with E-state index in [4.69, 9.17) is 9.52 Å². The summed E-state index contributed by atoms with van der Waals surface area (Å²) in [4.78, 5) is 27.5. The number of fused-ring (bicyclic) bond motifs is 1. The largest absolute Gasteiger partial charge is 0.465 e. The number of nitrogens with zero attached hydrogens (tertiary/aromatic N) is 4. The molecule has 3 aromatic rings. The Morgan fingerprint density at radius 1 is 1.24 bits per heavy atom. The van der Waals surface area contributed by atoms with Crippen LogP contribution in [-0.2, 0) is 6.54 Å². The van der Waals surface area contributed by atoms with Crippen molar-refractivity contribution < 1.29 is 14.3 Å². The van der Waals surface area contributed by atoms with Crippen molar-refractivity contribution in [1.29, 1.82) is 0 Å². The first kappa shape index (κ1) is 19.8. The highest BCUT2D eigenvalue weighted by Crippen LogP contribution is 2.34. The molecule has 8 nitrogen and oxygen atoms in total. The molecule has 2 N–H and O–H groups in total. The lowest BCUT2D eigenvalue weighted by molar-refractivity contribution is 0.0619. The summed E-state index contributed by atoms with van der Waals surface area (Å²) < 4.78 is 5.61. The second-order valence-electron chi connectivity index (χ2n) is 7.18. The van der Waals surface area contributed by atoms with Gasteiger partial charge in [-0.25, -0.2) is 9.97 Å². The van der Waals surface area contributed by atoms with Crippen molar-refractivity contribution in [3.8, 4) is 0 Å². The molecule has 0 aromatic carbocycles. The van der Waals surface area contributed by atoms with Crippen LogP contribution in [0.15, 0.2) is 22.9 Å². The highest BCUT2D eigenvalue weighted by molar-refractivity contribution is 7.20. The molecule has 0 aliphatic carbocycles. The van der Waals surface area contributed by atoms with Crippen molar-refractivity contribution in [3.05, 3.63) is 40.4 Å². The van der Waals surface area contributed by atoms with Crippen molar-refractivity contribution >= 4 is 33.3 Å². The maximum atomic E-state index is 13.1. The Labute approximate surface area is 173 Å². The standard InChI is InChI=1S/C20H25N5O3S/c1-13-3-4-15(28-13)11-21-18-16-14(2)17(29-19(16)23-12-22-18)20(27)25-7-5-24(6-8-25)9-10-26/h3-4,12,26H,5-11H2,1-2H3,(H,21,22,23). The van der Waals surface area contributed by atoms with Crippen molar-refractivity contribution in [3.63, 3.8) is 0 Å². The highest BCUT2D eigenvalue weighted by atomic mass is 32.1. The molecule has 0 saturated carbocycles. The van der Waals surface area contributed by atoms with Gasteiger partial charge in [-0.15, -0.1) is 11.3 Å². The van der Waals surface area contributed by atoms with E-state index < -0.39 is 0 Å². The third-order valence-electron chi connectivity index (χ3n) is 5.22. The number of aromatic nitrogens is 2. The summed E-state index contributed by atoms with van der Waals surface area (Å²) in [7, 11) is 0. The zero-order valence-electron chi connectivity index (χ0n) is 16.6. The molecule has 1 aliphatic rings. The van der Waals surface area contributed by atoms with E-state index in [-0.39, 0.29) is 12.5 Å². The fourth-order valence-electron chi connectivity index (χ4n) is 3.62. The van der Waals surface area contributed by atoms with Gasteiger partial charge in [0.2, 0.25) is 0 Å². The SMILES string of the molecule is Cc1ccc(CNc2ncnc3sc(C(=O)N4CCN(CCO)CC4)c(C)c23)o1. The molecule has 1 saturated heterocycles. The minimum Gasteiger partial charge on any atom is -0.465 e. The van der Waals surface area contributed by atoms with Gasteiger partial charge in [-0.05, 0) is 31.5 Å². The summed E-state index contributed by atoms with van der Waals surface area (Å²) >= 11 is 1.42. The van der Waals surface area contributed by atoms with Gasteiger partial charge in [0.15, 0.2) is 0 Å². The lowest BCUT2D eigenvalue weighted by Crippen LogP contribution is -2.49. The number of aliphatic hydroxyl groups is 1. The summed E-state index contributed by atoms with van der Waals surface area (Å²) in [5.41, 5.74) is 0.909.